The Bertz CT molecular complexity index is 1030. The van der Waals surface area contributed by atoms with Crippen LogP contribution in [0.5, 0.6) is 5.75 Å². The van der Waals surface area contributed by atoms with Crippen molar-refractivity contribution < 1.29 is 19.4 Å². The third-order valence-corrected chi connectivity index (χ3v) is 3.93. The number of halogens is 2. The Morgan fingerprint density at radius 3 is 2.50 bits per heavy atom. The topological polar surface area (TPSA) is 99.4 Å². The molecule has 2 N–H and O–H groups in total. The lowest BCUT2D eigenvalue weighted by Crippen LogP contribution is -2.14. The van der Waals surface area contributed by atoms with Crippen LogP contribution in [0.3, 0.4) is 0 Å². The van der Waals surface area contributed by atoms with Crippen LogP contribution in [0, 0.1) is 23.7 Å². The second kappa shape index (κ2) is 9.48. The zero-order chi connectivity index (χ0) is 20.7. The molecule has 6 nitrogen and oxygen atoms in total. The molecule has 0 saturated heterocycles. The smallest absolute Gasteiger partial charge is 0.335 e. The van der Waals surface area contributed by atoms with Gasteiger partial charge in [0.05, 0.1) is 15.6 Å². The number of carboxylic acids is 1. The number of nitrogens with one attached hydrogen (secondary N) is 1. The van der Waals surface area contributed by atoms with Gasteiger partial charge in [0, 0.05) is 5.69 Å². The molecular formula is C20H12Cl2N2O4. The van der Waals surface area contributed by atoms with Crippen LogP contribution in [0.1, 0.15) is 15.9 Å². The minimum atomic E-state index is -1.14. The van der Waals surface area contributed by atoms with Crippen molar-refractivity contribution in [1.29, 1.82) is 5.26 Å². The number of hydrogen-bond acceptors (Lipinski definition) is 4. The minimum absolute atomic E-state index is 0.00130. The van der Waals surface area contributed by atoms with E-state index < -0.39 is 11.9 Å². The summed E-state index contributed by atoms with van der Waals surface area (Å²) in [6.07, 6.45) is 6.42. The van der Waals surface area contributed by atoms with Crippen LogP contribution < -0.4 is 10.1 Å². The van der Waals surface area contributed by atoms with Gasteiger partial charge in [0.1, 0.15) is 18.2 Å². The summed E-state index contributed by atoms with van der Waals surface area (Å²) in [6, 6.07) is 10.4. The monoisotopic (exact) mass is 414 g/mol. The first-order valence-corrected chi connectivity index (χ1v) is 8.43. The molecule has 2 rings (SSSR count). The molecule has 0 spiro atoms. The lowest BCUT2D eigenvalue weighted by atomic mass is 10.1. The molecule has 0 aromatic heterocycles. The molecule has 0 bridgehead atoms. The average Bonchev–Trinajstić information content (AvgIpc) is 2.65. The van der Waals surface area contributed by atoms with Crippen molar-refractivity contribution in [3.8, 4) is 24.2 Å². The first kappa shape index (κ1) is 20.9. The van der Waals surface area contributed by atoms with Crippen LogP contribution >= 0.6 is 23.2 Å². The van der Waals surface area contributed by atoms with Crippen LogP contribution in [0.15, 0.2) is 42.0 Å². The lowest BCUT2D eigenvalue weighted by molar-refractivity contribution is -0.112. The van der Waals surface area contributed by atoms with Crippen LogP contribution in [0.4, 0.5) is 5.69 Å². The molecule has 2 aromatic rings. The molecule has 0 aliphatic rings. The summed E-state index contributed by atoms with van der Waals surface area (Å²) in [5, 5.41) is 21.1. The highest BCUT2D eigenvalue weighted by Crippen LogP contribution is 2.34. The van der Waals surface area contributed by atoms with E-state index in [1.165, 1.54) is 42.5 Å². The fourth-order valence-corrected chi connectivity index (χ4v) is 2.77. The molecule has 0 unspecified atom stereocenters. The Morgan fingerprint density at radius 1 is 1.25 bits per heavy atom. The number of aromatic carboxylic acids is 1. The second-order valence-corrected chi connectivity index (χ2v) is 6.13. The number of rotatable bonds is 6. The van der Waals surface area contributed by atoms with Crippen LogP contribution in [0.2, 0.25) is 10.0 Å². The van der Waals surface area contributed by atoms with E-state index in [-0.39, 0.29) is 39.2 Å². The van der Waals surface area contributed by atoms with Crippen LogP contribution in [-0.4, -0.2) is 23.6 Å². The molecule has 2 aromatic carbocycles. The molecule has 28 heavy (non-hydrogen) atoms. The molecule has 0 radical (unpaired) electrons. The van der Waals surface area contributed by atoms with Gasteiger partial charge in [-0.15, -0.1) is 6.42 Å². The molecule has 0 atom stereocenters. The summed E-state index contributed by atoms with van der Waals surface area (Å²) in [5.74, 6) is 0.639. The van der Waals surface area contributed by atoms with E-state index in [0.717, 1.165) is 0 Å². The highest BCUT2D eigenvalue weighted by Gasteiger charge is 2.13. The van der Waals surface area contributed by atoms with E-state index in [4.69, 9.17) is 39.5 Å². The fourth-order valence-electron chi connectivity index (χ4n) is 2.16. The van der Waals surface area contributed by atoms with E-state index >= 15 is 0 Å². The minimum Gasteiger partial charge on any atom is -0.478 e. The largest absolute Gasteiger partial charge is 0.478 e. The molecule has 0 heterocycles. The third kappa shape index (κ3) is 5.28. The first-order chi connectivity index (χ1) is 13.3. The average molecular weight is 415 g/mol. The third-order valence-electron chi connectivity index (χ3n) is 3.36. The second-order valence-electron chi connectivity index (χ2n) is 5.32. The molecule has 1 amide bonds. The Kier molecular flexibility index (Phi) is 7.06. The number of anilines is 1. The van der Waals surface area contributed by atoms with Gasteiger partial charge in [-0.05, 0) is 42.0 Å². The number of nitriles is 1. The predicted molar refractivity (Wildman–Crippen MR) is 106 cm³/mol. The number of ether oxygens (including phenoxy) is 1. The zero-order valence-corrected chi connectivity index (χ0v) is 15.7. The summed E-state index contributed by atoms with van der Waals surface area (Å²) < 4.78 is 5.25. The molecule has 8 heteroatoms. The van der Waals surface area contributed by atoms with Gasteiger partial charge in [0.15, 0.2) is 5.75 Å². The van der Waals surface area contributed by atoms with Gasteiger partial charge in [-0.1, -0.05) is 35.2 Å². The zero-order valence-electron chi connectivity index (χ0n) is 14.2. The van der Waals surface area contributed by atoms with E-state index in [9.17, 15) is 14.9 Å². The van der Waals surface area contributed by atoms with Crippen molar-refractivity contribution in [2.24, 2.45) is 0 Å². The van der Waals surface area contributed by atoms with Crippen molar-refractivity contribution >= 4 is 46.8 Å². The quantitative estimate of drug-likeness (QED) is 0.418. The first-order valence-electron chi connectivity index (χ1n) is 7.67. The summed E-state index contributed by atoms with van der Waals surface area (Å²) in [7, 11) is 0. The highest BCUT2D eigenvalue weighted by molar-refractivity contribution is 6.37. The maximum atomic E-state index is 12.3. The Balaban J connectivity index is 2.27. The van der Waals surface area contributed by atoms with Crippen molar-refractivity contribution in [1.82, 2.24) is 0 Å². The molecule has 0 fully saturated rings. The summed E-state index contributed by atoms with van der Waals surface area (Å²) in [4.78, 5) is 23.3. The number of hydrogen-bond donors (Lipinski definition) is 2. The fraction of sp³-hybridized carbons (Fsp3) is 0.0500. The van der Waals surface area contributed by atoms with Crippen molar-refractivity contribution in [2.75, 3.05) is 11.9 Å². The van der Waals surface area contributed by atoms with Gasteiger partial charge < -0.3 is 15.2 Å². The van der Waals surface area contributed by atoms with E-state index in [1.54, 1.807) is 6.07 Å². The number of carbonyl (C=O) groups is 2. The molecule has 0 saturated carbocycles. The van der Waals surface area contributed by atoms with Crippen molar-refractivity contribution in [3.63, 3.8) is 0 Å². The maximum absolute atomic E-state index is 12.3. The number of carbonyl (C=O) groups excluding carboxylic acids is 1. The van der Waals surface area contributed by atoms with Gasteiger partial charge in [-0.25, -0.2) is 4.79 Å². The Hall–Kier alpha value is -3.45. The molecule has 0 aliphatic heterocycles. The number of terminal acetylenes is 1. The van der Waals surface area contributed by atoms with Crippen LogP contribution in [-0.2, 0) is 4.79 Å². The van der Waals surface area contributed by atoms with E-state index in [0.29, 0.717) is 5.56 Å². The standard InChI is InChI=1S/C20H12Cl2N2O4/c1-2-6-28-18-16(21)8-12(9-17(18)22)7-14(11-23)19(25)24-15-5-3-4-13(10-15)20(26)27/h1,3-5,7-10H,6H2,(H,24,25)(H,26,27)/b14-7-. The lowest BCUT2D eigenvalue weighted by Gasteiger charge is -2.09. The van der Waals surface area contributed by atoms with Gasteiger partial charge in [-0.2, -0.15) is 5.26 Å². The number of carboxylic acid groups (broad SMARTS) is 1. The number of nitrogens with zero attached hydrogens (tertiary/aromatic N) is 1. The maximum Gasteiger partial charge on any atom is 0.335 e. The SMILES string of the molecule is C#CCOc1c(Cl)cc(/C=C(/C#N)C(=O)Nc2cccc(C(=O)O)c2)cc1Cl. The highest BCUT2D eigenvalue weighted by atomic mass is 35.5. The number of amides is 1. The van der Waals surface area contributed by atoms with Crippen molar-refractivity contribution in [3.05, 3.63) is 63.1 Å². The summed E-state index contributed by atoms with van der Waals surface area (Å²) >= 11 is 12.2. The van der Waals surface area contributed by atoms with Crippen molar-refractivity contribution in [2.45, 2.75) is 0 Å². The van der Waals surface area contributed by atoms with Gasteiger partial charge in [0.2, 0.25) is 0 Å². The van der Waals surface area contributed by atoms with E-state index in [1.807, 2.05) is 0 Å². The molecule has 140 valence electrons. The van der Waals surface area contributed by atoms with Crippen LogP contribution in [0.25, 0.3) is 6.08 Å². The van der Waals surface area contributed by atoms with Gasteiger partial charge in [-0.3, -0.25) is 4.79 Å². The molecule has 0 aliphatic carbocycles. The van der Waals surface area contributed by atoms with Gasteiger partial charge in [0.25, 0.3) is 5.91 Å². The normalized spacial score (nSPS) is 10.5. The summed E-state index contributed by atoms with van der Waals surface area (Å²) in [6.45, 7) is -0.0180. The predicted octanol–water partition coefficient (Wildman–Crippen LogP) is 4.25. The Morgan fingerprint density at radius 2 is 1.93 bits per heavy atom. The summed E-state index contributed by atoms with van der Waals surface area (Å²) in [5.41, 5.74) is 0.403. The van der Waals surface area contributed by atoms with Gasteiger partial charge >= 0.3 is 5.97 Å². The molecular weight excluding hydrogens is 403 g/mol. The number of benzene rings is 2. The van der Waals surface area contributed by atoms with E-state index in [2.05, 4.69) is 11.2 Å². The Labute approximate surface area is 170 Å².